The molecule has 1 rings (SSSR count). The lowest BCUT2D eigenvalue weighted by Crippen LogP contribution is -2.41. The van der Waals surface area contributed by atoms with Gasteiger partial charge in [-0.05, 0) is 6.42 Å². The van der Waals surface area contributed by atoms with E-state index in [2.05, 4.69) is 6.92 Å². The molecule has 1 saturated heterocycles. The second-order valence-electron chi connectivity index (χ2n) is 6.68. The first-order chi connectivity index (χ1) is 11.6. The van der Waals surface area contributed by atoms with Gasteiger partial charge in [-0.15, -0.1) is 0 Å². The number of aliphatic hydroxyl groups is 3. The second-order valence-corrected chi connectivity index (χ2v) is 6.68. The molecular weight excluding hydrogens is 312 g/mol. The summed E-state index contributed by atoms with van der Waals surface area (Å²) in [5.74, 6) is -0.343. The van der Waals surface area contributed by atoms with Crippen molar-refractivity contribution in [2.75, 3.05) is 13.2 Å². The highest BCUT2D eigenvalue weighted by molar-refractivity contribution is 5.69. The van der Waals surface area contributed by atoms with E-state index >= 15 is 0 Å². The molecule has 1 aliphatic rings. The minimum absolute atomic E-state index is 0.0186. The van der Waals surface area contributed by atoms with Gasteiger partial charge in [0.15, 0.2) is 0 Å². The Morgan fingerprint density at radius 1 is 1.08 bits per heavy atom. The maximum atomic E-state index is 11.6. The Kier molecular flexibility index (Phi) is 11.2. The first kappa shape index (κ1) is 21.4. The van der Waals surface area contributed by atoms with Crippen molar-refractivity contribution >= 4 is 5.97 Å². The van der Waals surface area contributed by atoms with Gasteiger partial charge in [0, 0.05) is 6.42 Å². The number of hydrogen-bond donors (Lipinski definition) is 3. The van der Waals surface area contributed by atoms with E-state index in [0.717, 1.165) is 19.3 Å². The molecule has 1 heterocycles. The van der Waals surface area contributed by atoms with Crippen LogP contribution < -0.4 is 0 Å². The maximum absolute atomic E-state index is 11.6. The van der Waals surface area contributed by atoms with Crippen LogP contribution in [0.25, 0.3) is 0 Å². The maximum Gasteiger partial charge on any atom is 0.305 e. The van der Waals surface area contributed by atoms with E-state index < -0.39 is 24.4 Å². The highest BCUT2D eigenvalue weighted by Gasteiger charge is 2.39. The molecule has 0 aromatic heterocycles. The van der Waals surface area contributed by atoms with Crippen LogP contribution >= 0.6 is 0 Å². The smallest absolute Gasteiger partial charge is 0.305 e. The number of carbonyl (C=O) groups excluding carboxylic acids is 1. The molecule has 0 aliphatic carbocycles. The summed E-state index contributed by atoms with van der Waals surface area (Å²) in [5.41, 5.74) is 0. The Balaban J connectivity index is 1.96. The first-order valence-electron chi connectivity index (χ1n) is 9.37. The minimum atomic E-state index is -1.14. The van der Waals surface area contributed by atoms with Gasteiger partial charge in [0.25, 0.3) is 0 Å². The fraction of sp³-hybridized carbons (Fsp3) is 0.944. The van der Waals surface area contributed by atoms with Crippen LogP contribution in [-0.2, 0) is 14.3 Å². The summed E-state index contributed by atoms with van der Waals surface area (Å²) in [6, 6.07) is 0. The van der Waals surface area contributed by atoms with Gasteiger partial charge < -0.3 is 24.8 Å². The van der Waals surface area contributed by atoms with Crippen LogP contribution in [0.3, 0.4) is 0 Å². The second kappa shape index (κ2) is 12.6. The SMILES string of the molecule is CCCCCCCCCCCC(=O)OC[C@@H](O)[C@H]1OC[C@@H](O)[C@@H]1O. The molecular formula is C18H34O6. The molecule has 0 aromatic rings. The number of unbranched alkanes of at least 4 members (excludes halogenated alkanes) is 8. The zero-order valence-corrected chi connectivity index (χ0v) is 14.9. The third-order valence-electron chi connectivity index (χ3n) is 4.47. The fourth-order valence-electron chi connectivity index (χ4n) is 2.89. The van der Waals surface area contributed by atoms with Gasteiger partial charge in [-0.2, -0.15) is 0 Å². The zero-order chi connectivity index (χ0) is 17.8. The van der Waals surface area contributed by atoms with Crippen molar-refractivity contribution in [3.63, 3.8) is 0 Å². The summed E-state index contributed by atoms with van der Waals surface area (Å²) >= 11 is 0. The largest absolute Gasteiger partial charge is 0.463 e. The van der Waals surface area contributed by atoms with E-state index in [1.165, 1.54) is 38.5 Å². The van der Waals surface area contributed by atoms with E-state index in [4.69, 9.17) is 9.47 Å². The normalized spacial score (nSPS) is 24.9. The van der Waals surface area contributed by atoms with Gasteiger partial charge in [0.05, 0.1) is 6.61 Å². The topological polar surface area (TPSA) is 96.2 Å². The van der Waals surface area contributed by atoms with Gasteiger partial charge in [-0.25, -0.2) is 0 Å². The molecule has 24 heavy (non-hydrogen) atoms. The van der Waals surface area contributed by atoms with Crippen molar-refractivity contribution in [3.8, 4) is 0 Å². The third kappa shape index (κ3) is 8.42. The molecule has 0 unspecified atom stereocenters. The van der Waals surface area contributed by atoms with E-state index in [0.29, 0.717) is 6.42 Å². The van der Waals surface area contributed by atoms with Crippen LogP contribution in [0, 0.1) is 0 Å². The van der Waals surface area contributed by atoms with Crippen molar-refractivity contribution in [2.45, 2.75) is 95.5 Å². The van der Waals surface area contributed by atoms with E-state index in [9.17, 15) is 20.1 Å². The van der Waals surface area contributed by atoms with Gasteiger partial charge in [0.2, 0.25) is 0 Å². The van der Waals surface area contributed by atoms with Crippen LogP contribution in [0.2, 0.25) is 0 Å². The average molecular weight is 346 g/mol. The van der Waals surface area contributed by atoms with Crippen LogP contribution in [0.5, 0.6) is 0 Å². The molecule has 4 atom stereocenters. The molecule has 142 valence electrons. The van der Waals surface area contributed by atoms with Gasteiger partial charge in [0.1, 0.15) is 31.0 Å². The number of aliphatic hydroxyl groups excluding tert-OH is 3. The number of esters is 1. The molecule has 3 N–H and O–H groups in total. The van der Waals surface area contributed by atoms with Crippen molar-refractivity contribution in [1.82, 2.24) is 0 Å². The summed E-state index contributed by atoms with van der Waals surface area (Å²) in [6.07, 6.45) is 6.84. The summed E-state index contributed by atoms with van der Waals surface area (Å²) in [4.78, 5) is 11.6. The van der Waals surface area contributed by atoms with Crippen molar-refractivity contribution in [1.29, 1.82) is 0 Å². The number of ether oxygens (including phenoxy) is 2. The molecule has 6 heteroatoms. The van der Waals surface area contributed by atoms with Crippen LogP contribution in [0.15, 0.2) is 0 Å². The monoisotopic (exact) mass is 346 g/mol. The highest BCUT2D eigenvalue weighted by Crippen LogP contribution is 2.18. The summed E-state index contributed by atoms with van der Waals surface area (Å²) < 4.78 is 10.1. The Morgan fingerprint density at radius 2 is 1.67 bits per heavy atom. The predicted octanol–water partition coefficient (Wildman–Crippen LogP) is 1.93. The van der Waals surface area contributed by atoms with Crippen molar-refractivity contribution in [2.24, 2.45) is 0 Å². The predicted molar refractivity (Wildman–Crippen MR) is 90.6 cm³/mol. The summed E-state index contributed by atoms with van der Waals surface area (Å²) in [7, 11) is 0. The van der Waals surface area contributed by atoms with Gasteiger partial charge in [-0.3, -0.25) is 4.79 Å². The first-order valence-corrected chi connectivity index (χ1v) is 9.37. The van der Waals surface area contributed by atoms with Gasteiger partial charge in [-0.1, -0.05) is 58.3 Å². The quantitative estimate of drug-likeness (QED) is 0.348. The molecule has 0 radical (unpaired) electrons. The van der Waals surface area contributed by atoms with Crippen LogP contribution in [0.4, 0.5) is 0 Å². The lowest BCUT2D eigenvalue weighted by molar-refractivity contribution is -0.151. The molecule has 0 bridgehead atoms. The Hall–Kier alpha value is -0.690. The number of carbonyl (C=O) groups is 1. The van der Waals surface area contributed by atoms with Crippen LogP contribution in [-0.4, -0.2) is 58.9 Å². The van der Waals surface area contributed by atoms with Crippen molar-refractivity contribution in [3.05, 3.63) is 0 Å². The summed E-state index contributed by atoms with van der Waals surface area (Å²) in [5, 5.41) is 28.8. The zero-order valence-electron chi connectivity index (χ0n) is 14.9. The Morgan fingerprint density at radius 3 is 2.21 bits per heavy atom. The molecule has 1 fully saturated rings. The number of rotatable bonds is 13. The minimum Gasteiger partial charge on any atom is -0.463 e. The molecule has 1 aliphatic heterocycles. The van der Waals surface area contributed by atoms with Crippen LogP contribution in [0.1, 0.15) is 71.1 Å². The third-order valence-corrected chi connectivity index (χ3v) is 4.47. The average Bonchev–Trinajstić information content (AvgIpc) is 2.90. The molecule has 0 saturated carbocycles. The molecule has 0 amide bonds. The summed E-state index contributed by atoms with van der Waals surface area (Å²) in [6.45, 7) is 1.98. The van der Waals surface area contributed by atoms with E-state index in [1.54, 1.807) is 0 Å². The standard InChI is InChI=1S/C18H34O6/c1-2-3-4-5-6-7-8-9-10-11-16(21)23-13-15(20)18-17(22)14(19)12-24-18/h14-15,17-20,22H,2-13H2,1H3/t14-,15-,17+,18-/m1/s1. The fourth-order valence-corrected chi connectivity index (χ4v) is 2.89. The van der Waals surface area contributed by atoms with Crippen molar-refractivity contribution < 1.29 is 29.6 Å². The lowest BCUT2D eigenvalue weighted by atomic mass is 10.1. The van der Waals surface area contributed by atoms with E-state index in [-0.39, 0.29) is 19.2 Å². The van der Waals surface area contributed by atoms with E-state index in [1.807, 2.05) is 0 Å². The Labute approximate surface area is 145 Å². The molecule has 0 aromatic carbocycles. The molecule has 6 nitrogen and oxygen atoms in total. The lowest BCUT2D eigenvalue weighted by Gasteiger charge is -2.20. The van der Waals surface area contributed by atoms with Gasteiger partial charge >= 0.3 is 5.97 Å². The Bertz CT molecular complexity index is 335. The highest BCUT2D eigenvalue weighted by atomic mass is 16.6. The molecule has 0 spiro atoms. The number of hydrogen-bond acceptors (Lipinski definition) is 6.